The Morgan fingerprint density at radius 3 is 2.73 bits per heavy atom. The fourth-order valence-corrected chi connectivity index (χ4v) is 2.10. The van der Waals surface area contributed by atoms with Crippen molar-refractivity contribution in [2.75, 3.05) is 0 Å². The van der Waals surface area contributed by atoms with Crippen molar-refractivity contribution in [3.8, 4) is 11.1 Å². The lowest BCUT2D eigenvalue weighted by Crippen LogP contribution is -1.81. The fraction of sp³-hybridized carbons (Fsp3) is 0.0909. The van der Waals surface area contributed by atoms with Crippen LogP contribution in [0.3, 0.4) is 0 Å². The number of allylic oxidation sites excluding steroid dienone is 1. The number of hydrogen-bond donors (Lipinski definition) is 0. The van der Waals surface area contributed by atoms with E-state index in [1.54, 1.807) is 18.5 Å². The number of thiophene rings is 1. The van der Waals surface area contributed by atoms with E-state index >= 15 is 0 Å². The highest BCUT2D eigenvalue weighted by Gasteiger charge is 2.09. The van der Waals surface area contributed by atoms with E-state index in [1.165, 1.54) is 23.7 Å². The number of aromatic nitrogens is 2. The lowest BCUT2D eigenvalue weighted by Gasteiger charge is -1.96. The molecule has 1 atom stereocenters. The van der Waals surface area contributed by atoms with Gasteiger partial charge in [-0.2, -0.15) is 0 Å². The Labute approximate surface area is 91.1 Å². The predicted octanol–water partition coefficient (Wildman–Crippen LogP) is 3.40. The van der Waals surface area contributed by atoms with Crippen LogP contribution in [-0.4, -0.2) is 9.97 Å². The van der Waals surface area contributed by atoms with Gasteiger partial charge in [0.05, 0.1) is 0 Å². The highest BCUT2D eigenvalue weighted by Crippen LogP contribution is 2.30. The minimum atomic E-state index is -1.09. The maximum absolute atomic E-state index is 13.3. The molecule has 0 aliphatic rings. The molecule has 0 fully saturated rings. The molecule has 1 unspecified atom stereocenters. The van der Waals surface area contributed by atoms with Crippen LogP contribution in [0.5, 0.6) is 0 Å². The Kier molecular flexibility index (Phi) is 2.87. The molecule has 0 radical (unpaired) electrons. The lowest BCUT2D eigenvalue weighted by molar-refractivity contribution is 0.421. The van der Waals surface area contributed by atoms with Gasteiger partial charge in [0.25, 0.3) is 0 Å². The van der Waals surface area contributed by atoms with Crippen LogP contribution >= 0.6 is 11.3 Å². The molecular formula is C11H9FN2S. The molecule has 0 saturated carbocycles. The number of alkyl halides is 1. The molecule has 0 N–H and O–H groups in total. The van der Waals surface area contributed by atoms with Crippen molar-refractivity contribution in [2.45, 2.75) is 6.17 Å². The van der Waals surface area contributed by atoms with Crippen LogP contribution in [0.1, 0.15) is 11.0 Å². The maximum atomic E-state index is 13.3. The van der Waals surface area contributed by atoms with E-state index in [-0.39, 0.29) is 0 Å². The molecule has 0 amide bonds. The van der Waals surface area contributed by atoms with Gasteiger partial charge in [-0.25, -0.2) is 14.4 Å². The molecule has 0 aliphatic carbocycles. The Balaban J connectivity index is 2.32. The van der Waals surface area contributed by atoms with Gasteiger partial charge in [-0.05, 0) is 17.0 Å². The first-order valence-corrected chi connectivity index (χ1v) is 5.29. The third-order valence-corrected chi connectivity index (χ3v) is 2.98. The monoisotopic (exact) mass is 220 g/mol. The second-order valence-corrected chi connectivity index (χ2v) is 3.95. The van der Waals surface area contributed by atoms with E-state index in [0.29, 0.717) is 4.88 Å². The van der Waals surface area contributed by atoms with Crippen molar-refractivity contribution >= 4 is 11.3 Å². The van der Waals surface area contributed by atoms with E-state index in [1.807, 2.05) is 5.38 Å². The standard InChI is InChI=1S/C11H9FN2S/c1-2-10(12)11-3-8(6-15-11)9-4-13-7-14-5-9/h2-7,10H,1H2. The molecule has 2 aromatic rings. The first kappa shape index (κ1) is 9.98. The Hall–Kier alpha value is -1.55. The van der Waals surface area contributed by atoms with Gasteiger partial charge in [0, 0.05) is 22.8 Å². The summed E-state index contributed by atoms with van der Waals surface area (Å²) in [6, 6.07) is 1.80. The van der Waals surface area contributed by atoms with Crippen molar-refractivity contribution in [3.05, 3.63) is 47.7 Å². The maximum Gasteiger partial charge on any atom is 0.152 e. The molecule has 2 aromatic heterocycles. The molecule has 0 aliphatic heterocycles. The van der Waals surface area contributed by atoms with E-state index in [4.69, 9.17) is 0 Å². The zero-order valence-electron chi connectivity index (χ0n) is 7.93. The Bertz CT molecular complexity index is 453. The van der Waals surface area contributed by atoms with Gasteiger partial charge in [0.2, 0.25) is 0 Å². The molecule has 2 heterocycles. The number of hydrogen-bond acceptors (Lipinski definition) is 3. The van der Waals surface area contributed by atoms with Crippen molar-refractivity contribution in [1.29, 1.82) is 0 Å². The van der Waals surface area contributed by atoms with Crippen molar-refractivity contribution in [1.82, 2.24) is 9.97 Å². The second-order valence-electron chi connectivity index (χ2n) is 3.00. The van der Waals surface area contributed by atoms with Crippen molar-refractivity contribution in [2.24, 2.45) is 0 Å². The summed E-state index contributed by atoms with van der Waals surface area (Å²) in [5.41, 5.74) is 1.84. The zero-order chi connectivity index (χ0) is 10.7. The van der Waals surface area contributed by atoms with Crippen LogP contribution in [0.15, 0.2) is 42.8 Å². The quantitative estimate of drug-likeness (QED) is 0.741. The molecule has 0 bridgehead atoms. The summed E-state index contributed by atoms with van der Waals surface area (Å²) in [5.74, 6) is 0. The molecule has 2 nitrogen and oxygen atoms in total. The van der Waals surface area contributed by atoms with Crippen LogP contribution in [0.25, 0.3) is 11.1 Å². The lowest BCUT2D eigenvalue weighted by atomic mass is 10.1. The highest BCUT2D eigenvalue weighted by atomic mass is 32.1. The van der Waals surface area contributed by atoms with Gasteiger partial charge in [0.15, 0.2) is 6.17 Å². The largest absolute Gasteiger partial charge is 0.244 e. The van der Waals surface area contributed by atoms with E-state index in [2.05, 4.69) is 16.5 Å². The van der Waals surface area contributed by atoms with Gasteiger partial charge in [-0.15, -0.1) is 11.3 Å². The summed E-state index contributed by atoms with van der Waals surface area (Å²) < 4.78 is 13.3. The summed E-state index contributed by atoms with van der Waals surface area (Å²) in [4.78, 5) is 8.49. The summed E-state index contributed by atoms with van der Waals surface area (Å²) in [7, 11) is 0. The summed E-state index contributed by atoms with van der Waals surface area (Å²) >= 11 is 1.38. The summed E-state index contributed by atoms with van der Waals surface area (Å²) in [6.45, 7) is 3.43. The smallest absolute Gasteiger partial charge is 0.152 e. The van der Waals surface area contributed by atoms with Gasteiger partial charge >= 0.3 is 0 Å². The van der Waals surface area contributed by atoms with Gasteiger partial charge < -0.3 is 0 Å². The van der Waals surface area contributed by atoms with E-state index in [9.17, 15) is 4.39 Å². The third kappa shape index (κ3) is 2.10. The molecule has 15 heavy (non-hydrogen) atoms. The molecule has 4 heteroatoms. The van der Waals surface area contributed by atoms with Gasteiger partial charge in [0.1, 0.15) is 6.33 Å². The fourth-order valence-electron chi connectivity index (χ4n) is 1.21. The molecule has 2 rings (SSSR count). The minimum Gasteiger partial charge on any atom is -0.244 e. The third-order valence-electron chi connectivity index (χ3n) is 1.99. The average Bonchev–Trinajstić information content (AvgIpc) is 2.78. The second kappa shape index (κ2) is 4.31. The first-order chi connectivity index (χ1) is 7.31. The average molecular weight is 220 g/mol. The topological polar surface area (TPSA) is 25.8 Å². The van der Waals surface area contributed by atoms with Crippen LogP contribution in [0, 0.1) is 0 Å². The van der Waals surface area contributed by atoms with Crippen LogP contribution in [0.4, 0.5) is 4.39 Å². The highest BCUT2D eigenvalue weighted by molar-refractivity contribution is 7.10. The number of halogens is 1. The minimum absolute atomic E-state index is 0.656. The van der Waals surface area contributed by atoms with Crippen LogP contribution < -0.4 is 0 Å². The molecule has 0 aromatic carbocycles. The number of nitrogens with zero attached hydrogens (tertiary/aromatic N) is 2. The molecular weight excluding hydrogens is 211 g/mol. The zero-order valence-corrected chi connectivity index (χ0v) is 8.75. The SMILES string of the molecule is C=CC(F)c1cc(-c2cncnc2)cs1. The predicted molar refractivity (Wildman–Crippen MR) is 59.4 cm³/mol. The Morgan fingerprint density at radius 1 is 1.33 bits per heavy atom. The number of rotatable bonds is 3. The van der Waals surface area contributed by atoms with Crippen molar-refractivity contribution < 1.29 is 4.39 Å². The molecule has 0 spiro atoms. The first-order valence-electron chi connectivity index (χ1n) is 4.41. The molecule has 76 valence electrons. The van der Waals surface area contributed by atoms with E-state index < -0.39 is 6.17 Å². The van der Waals surface area contributed by atoms with Crippen LogP contribution in [-0.2, 0) is 0 Å². The van der Waals surface area contributed by atoms with Crippen molar-refractivity contribution in [3.63, 3.8) is 0 Å². The molecule has 0 saturated heterocycles. The Morgan fingerprint density at radius 2 is 2.07 bits per heavy atom. The van der Waals surface area contributed by atoms with Crippen LogP contribution in [0.2, 0.25) is 0 Å². The van der Waals surface area contributed by atoms with Gasteiger partial charge in [-0.3, -0.25) is 0 Å². The normalized spacial score (nSPS) is 12.3. The van der Waals surface area contributed by atoms with Gasteiger partial charge in [-0.1, -0.05) is 12.7 Å². The summed E-state index contributed by atoms with van der Waals surface area (Å²) in [5, 5.41) is 1.89. The van der Waals surface area contributed by atoms with E-state index in [0.717, 1.165) is 11.1 Å². The summed E-state index contributed by atoms with van der Waals surface area (Å²) in [6.07, 6.45) is 5.09.